The van der Waals surface area contributed by atoms with E-state index in [0.29, 0.717) is 6.04 Å². The lowest BCUT2D eigenvalue weighted by Gasteiger charge is -2.18. The van der Waals surface area contributed by atoms with Gasteiger partial charge in [0, 0.05) is 10.5 Å². The van der Waals surface area contributed by atoms with Gasteiger partial charge < -0.3 is 5.32 Å². The van der Waals surface area contributed by atoms with Crippen LogP contribution in [0, 0.1) is 0 Å². The van der Waals surface area contributed by atoms with E-state index in [0.717, 1.165) is 12.8 Å². The molecular formula is C17H20BrN. The molecule has 0 spiro atoms. The fourth-order valence-corrected chi connectivity index (χ4v) is 2.93. The largest absolute Gasteiger partial charge is 0.313 e. The number of rotatable bonds is 6. The minimum absolute atomic E-state index is 0.416. The van der Waals surface area contributed by atoms with Crippen molar-refractivity contribution >= 4 is 15.9 Å². The van der Waals surface area contributed by atoms with Gasteiger partial charge in [-0.3, -0.25) is 0 Å². The lowest BCUT2D eigenvalue weighted by atomic mass is 9.99. The Morgan fingerprint density at radius 1 is 1.00 bits per heavy atom. The monoisotopic (exact) mass is 317 g/mol. The molecule has 0 saturated heterocycles. The lowest BCUT2D eigenvalue weighted by Crippen LogP contribution is -2.17. The molecule has 19 heavy (non-hydrogen) atoms. The van der Waals surface area contributed by atoms with Crippen molar-refractivity contribution < 1.29 is 0 Å². The second-order valence-electron chi connectivity index (χ2n) is 4.74. The van der Waals surface area contributed by atoms with Crippen LogP contribution in [0.25, 0.3) is 0 Å². The average molecular weight is 318 g/mol. The molecule has 0 saturated carbocycles. The summed E-state index contributed by atoms with van der Waals surface area (Å²) < 4.78 is 1.19. The first-order valence-electron chi connectivity index (χ1n) is 6.77. The third-order valence-electron chi connectivity index (χ3n) is 3.43. The highest BCUT2D eigenvalue weighted by molar-refractivity contribution is 9.10. The van der Waals surface area contributed by atoms with Crippen molar-refractivity contribution in [3.63, 3.8) is 0 Å². The third kappa shape index (κ3) is 4.19. The Morgan fingerprint density at radius 3 is 2.37 bits per heavy atom. The maximum atomic E-state index is 3.63. The molecule has 0 fully saturated rings. The molecule has 0 aliphatic heterocycles. The SMILES string of the molecule is CNC(CCCc1ccccc1)c1ccccc1Br. The van der Waals surface area contributed by atoms with Crippen LogP contribution in [-0.4, -0.2) is 7.05 Å². The quantitative estimate of drug-likeness (QED) is 0.812. The van der Waals surface area contributed by atoms with Crippen molar-refractivity contribution in [2.45, 2.75) is 25.3 Å². The van der Waals surface area contributed by atoms with Crippen LogP contribution < -0.4 is 5.32 Å². The Kier molecular flexibility index (Phi) is 5.62. The van der Waals surface area contributed by atoms with E-state index in [9.17, 15) is 0 Å². The highest BCUT2D eigenvalue weighted by atomic mass is 79.9. The van der Waals surface area contributed by atoms with Crippen molar-refractivity contribution in [2.75, 3.05) is 7.05 Å². The summed E-state index contributed by atoms with van der Waals surface area (Å²) in [5, 5.41) is 3.42. The first-order chi connectivity index (χ1) is 9.31. The van der Waals surface area contributed by atoms with Crippen molar-refractivity contribution in [3.8, 4) is 0 Å². The average Bonchev–Trinajstić information content (AvgIpc) is 2.46. The zero-order chi connectivity index (χ0) is 13.5. The summed E-state index contributed by atoms with van der Waals surface area (Å²) in [6.07, 6.45) is 3.48. The molecular weight excluding hydrogens is 298 g/mol. The summed E-state index contributed by atoms with van der Waals surface area (Å²) in [4.78, 5) is 0. The Hall–Kier alpha value is -1.12. The van der Waals surface area contributed by atoms with Gasteiger partial charge in [-0.05, 0) is 43.5 Å². The van der Waals surface area contributed by atoms with Crippen LogP contribution in [0.3, 0.4) is 0 Å². The van der Waals surface area contributed by atoms with Gasteiger partial charge in [-0.1, -0.05) is 64.5 Å². The molecule has 2 heteroatoms. The molecule has 1 nitrogen and oxygen atoms in total. The van der Waals surface area contributed by atoms with Crippen LogP contribution >= 0.6 is 15.9 Å². The number of hydrogen-bond donors (Lipinski definition) is 1. The molecule has 2 aromatic carbocycles. The summed E-state index contributed by atoms with van der Waals surface area (Å²) in [5.41, 5.74) is 2.77. The topological polar surface area (TPSA) is 12.0 Å². The Balaban J connectivity index is 1.92. The van der Waals surface area contributed by atoms with Crippen LogP contribution in [0.4, 0.5) is 0 Å². The van der Waals surface area contributed by atoms with Crippen LogP contribution in [0.1, 0.15) is 30.0 Å². The van der Waals surface area contributed by atoms with E-state index in [1.54, 1.807) is 0 Å². The molecule has 2 aromatic rings. The lowest BCUT2D eigenvalue weighted by molar-refractivity contribution is 0.525. The van der Waals surface area contributed by atoms with Crippen LogP contribution in [0.5, 0.6) is 0 Å². The van der Waals surface area contributed by atoms with E-state index in [1.165, 1.54) is 22.0 Å². The van der Waals surface area contributed by atoms with Crippen LogP contribution in [0.15, 0.2) is 59.1 Å². The predicted molar refractivity (Wildman–Crippen MR) is 85.3 cm³/mol. The van der Waals surface area contributed by atoms with E-state index >= 15 is 0 Å². The Labute approximate surface area is 124 Å². The highest BCUT2D eigenvalue weighted by Crippen LogP contribution is 2.26. The first-order valence-corrected chi connectivity index (χ1v) is 7.56. The second-order valence-corrected chi connectivity index (χ2v) is 5.59. The Bertz CT molecular complexity index is 496. The molecule has 2 rings (SSSR count). The van der Waals surface area contributed by atoms with Gasteiger partial charge in [0.2, 0.25) is 0 Å². The predicted octanol–water partition coefficient (Wildman–Crippen LogP) is 4.73. The summed E-state index contributed by atoms with van der Waals surface area (Å²) in [5.74, 6) is 0. The summed E-state index contributed by atoms with van der Waals surface area (Å²) in [6.45, 7) is 0. The van der Waals surface area contributed by atoms with E-state index in [4.69, 9.17) is 0 Å². The van der Waals surface area contributed by atoms with Gasteiger partial charge in [-0.25, -0.2) is 0 Å². The number of aryl methyl sites for hydroxylation is 1. The standard InChI is InChI=1S/C17H20BrN/c1-19-17(15-11-5-6-12-16(15)18)13-7-10-14-8-3-2-4-9-14/h2-6,8-9,11-12,17,19H,7,10,13H2,1H3. The molecule has 0 aromatic heterocycles. The molecule has 0 bridgehead atoms. The van der Waals surface area contributed by atoms with Crippen molar-refractivity contribution in [3.05, 3.63) is 70.2 Å². The van der Waals surface area contributed by atoms with Gasteiger partial charge in [0.05, 0.1) is 0 Å². The number of nitrogens with one attached hydrogen (secondary N) is 1. The van der Waals surface area contributed by atoms with Gasteiger partial charge in [0.25, 0.3) is 0 Å². The Morgan fingerprint density at radius 2 is 1.68 bits per heavy atom. The van der Waals surface area contributed by atoms with Gasteiger partial charge in [-0.2, -0.15) is 0 Å². The maximum Gasteiger partial charge on any atom is 0.0328 e. The minimum atomic E-state index is 0.416. The van der Waals surface area contributed by atoms with E-state index in [-0.39, 0.29) is 0 Å². The molecule has 100 valence electrons. The number of halogens is 1. The van der Waals surface area contributed by atoms with Gasteiger partial charge >= 0.3 is 0 Å². The van der Waals surface area contributed by atoms with Crippen molar-refractivity contribution in [2.24, 2.45) is 0 Å². The molecule has 0 aliphatic rings. The zero-order valence-corrected chi connectivity index (χ0v) is 12.9. The molecule has 1 unspecified atom stereocenters. The summed E-state index contributed by atoms with van der Waals surface area (Å²) in [7, 11) is 2.03. The molecule has 1 atom stereocenters. The fraction of sp³-hybridized carbons (Fsp3) is 0.294. The first kappa shape index (κ1) is 14.3. The van der Waals surface area contributed by atoms with Crippen molar-refractivity contribution in [1.29, 1.82) is 0 Å². The minimum Gasteiger partial charge on any atom is -0.313 e. The molecule has 0 amide bonds. The van der Waals surface area contributed by atoms with Crippen LogP contribution in [-0.2, 0) is 6.42 Å². The second kappa shape index (κ2) is 7.46. The zero-order valence-electron chi connectivity index (χ0n) is 11.3. The maximum absolute atomic E-state index is 3.63. The molecule has 0 radical (unpaired) electrons. The smallest absolute Gasteiger partial charge is 0.0328 e. The van der Waals surface area contributed by atoms with Crippen molar-refractivity contribution in [1.82, 2.24) is 5.32 Å². The molecule has 1 N–H and O–H groups in total. The van der Waals surface area contributed by atoms with Gasteiger partial charge in [0.15, 0.2) is 0 Å². The third-order valence-corrected chi connectivity index (χ3v) is 4.15. The van der Waals surface area contributed by atoms with E-state index < -0.39 is 0 Å². The van der Waals surface area contributed by atoms with Gasteiger partial charge in [0.1, 0.15) is 0 Å². The van der Waals surface area contributed by atoms with Gasteiger partial charge in [-0.15, -0.1) is 0 Å². The van der Waals surface area contributed by atoms with E-state index in [1.807, 2.05) is 7.05 Å². The summed E-state index contributed by atoms with van der Waals surface area (Å²) >= 11 is 3.63. The molecule has 0 heterocycles. The van der Waals surface area contributed by atoms with Crippen LogP contribution in [0.2, 0.25) is 0 Å². The normalized spacial score (nSPS) is 12.3. The number of hydrogen-bond acceptors (Lipinski definition) is 1. The van der Waals surface area contributed by atoms with E-state index in [2.05, 4.69) is 75.8 Å². The number of benzene rings is 2. The highest BCUT2D eigenvalue weighted by Gasteiger charge is 2.11. The fourth-order valence-electron chi connectivity index (χ4n) is 2.37. The molecule has 0 aliphatic carbocycles. The summed E-state index contributed by atoms with van der Waals surface area (Å²) in [6, 6.07) is 19.6.